The minimum atomic E-state index is -1.52. The standard InChI is InChI=1S/C84H145NO8/c1-6-8-10-12-14-16-18-20-22-24-26-28-30-32-34-36-37-38-39-40-41-42-43-44-45-47-49-51-53-55-57-59-61-63-65-67-69-71-73-75-82(87)93-80(79-92-84(83(88)89)90-77-76-85(3,4)5)78-91-81(86)74-72-70-68-66-64-62-60-58-56-54-52-50-48-46-35-33-31-29-27-25-23-21-19-17-15-13-11-9-7-2/h8,10,14,16,19-22,25-28,31-34,37-38,40-41,80,84H,6-7,9,11-13,15,17-18,23-24,29-30,35-36,39,42-79H2,1-5H3/p+1/b10-8-,16-14-,21-19-,22-20-,27-25-,28-26-,33-31-,34-32-,38-37-,41-40-. The molecule has 0 saturated heterocycles. The summed E-state index contributed by atoms with van der Waals surface area (Å²) in [6.07, 6.45) is 102. The molecule has 9 heteroatoms. The Bertz CT molecular complexity index is 1950. The van der Waals surface area contributed by atoms with E-state index in [1.54, 1.807) is 0 Å². The van der Waals surface area contributed by atoms with Crippen LogP contribution in [0.15, 0.2) is 122 Å². The van der Waals surface area contributed by atoms with Crippen molar-refractivity contribution in [2.75, 3.05) is 47.5 Å². The van der Waals surface area contributed by atoms with Crippen LogP contribution in [0.2, 0.25) is 0 Å². The summed E-state index contributed by atoms with van der Waals surface area (Å²) in [7, 11) is 5.98. The number of allylic oxidation sites excluding steroid dienone is 20. The molecule has 0 fully saturated rings. The molecule has 0 radical (unpaired) electrons. The van der Waals surface area contributed by atoms with E-state index in [2.05, 4.69) is 135 Å². The predicted molar refractivity (Wildman–Crippen MR) is 401 cm³/mol. The van der Waals surface area contributed by atoms with E-state index < -0.39 is 24.3 Å². The van der Waals surface area contributed by atoms with Crippen LogP contribution in [0, 0.1) is 0 Å². The molecule has 0 heterocycles. The van der Waals surface area contributed by atoms with Gasteiger partial charge in [0.1, 0.15) is 13.2 Å². The summed E-state index contributed by atoms with van der Waals surface area (Å²) < 4.78 is 23.0. The van der Waals surface area contributed by atoms with Gasteiger partial charge in [-0.15, -0.1) is 0 Å². The maximum absolute atomic E-state index is 13.0. The summed E-state index contributed by atoms with van der Waals surface area (Å²) in [6, 6.07) is 0. The van der Waals surface area contributed by atoms with E-state index in [-0.39, 0.29) is 32.2 Å². The molecule has 0 spiro atoms. The number of likely N-dealkylation sites (N-methyl/N-ethyl adjacent to an activating group) is 1. The van der Waals surface area contributed by atoms with Crippen molar-refractivity contribution in [2.45, 2.75) is 347 Å². The summed E-state index contributed by atoms with van der Waals surface area (Å²) in [5, 5.41) is 9.77. The van der Waals surface area contributed by atoms with Crippen LogP contribution in [0.5, 0.6) is 0 Å². The van der Waals surface area contributed by atoms with Crippen LogP contribution in [-0.2, 0) is 33.3 Å². The minimum absolute atomic E-state index is 0.184. The Morgan fingerprint density at radius 2 is 0.613 bits per heavy atom. The first-order chi connectivity index (χ1) is 45.6. The smallest absolute Gasteiger partial charge is 0.361 e. The number of ether oxygens (including phenoxy) is 4. The number of hydrogen-bond donors (Lipinski definition) is 1. The van der Waals surface area contributed by atoms with Crippen LogP contribution in [0.1, 0.15) is 335 Å². The predicted octanol–water partition coefficient (Wildman–Crippen LogP) is 24.7. The lowest BCUT2D eigenvalue weighted by molar-refractivity contribution is -0.870. The van der Waals surface area contributed by atoms with Crippen molar-refractivity contribution in [3.63, 3.8) is 0 Å². The van der Waals surface area contributed by atoms with E-state index in [0.717, 1.165) is 96.3 Å². The van der Waals surface area contributed by atoms with Crippen molar-refractivity contribution in [1.29, 1.82) is 0 Å². The maximum atomic E-state index is 13.0. The fourth-order valence-electron chi connectivity index (χ4n) is 10.8. The van der Waals surface area contributed by atoms with Gasteiger partial charge in [0.25, 0.3) is 6.29 Å². The average molecular weight is 1300 g/mol. The van der Waals surface area contributed by atoms with Gasteiger partial charge in [0.15, 0.2) is 6.10 Å². The molecular formula is C84H146NO8+. The Morgan fingerprint density at radius 3 is 0.914 bits per heavy atom. The van der Waals surface area contributed by atoms with Gasteiger partial charge in [0, 0.05) is 12.8 Å². The Morgan fingerprint density at radius 1 is 0.333 bits per heavy atom. The van der Waals surface area contributed by atoms with Crippen molar-refractivity contribution < 1.29 is 42.9 Å². The maximum Gasteiger partial charge on any atom is 0.361 e. The molecule has 0 amide bonds. The molecule has 0 aliphatic carbocycles. The van der Waals surface area contributed by atoms with Gasteiger partial charge in [0.2, 0.25) is 0 Å². The molecule has 1 N–H and O–H groups in total. The molecule has 0 rings (SSSR count). The summed E-state index contributed by atoms with van der Waals surface area (Å²) in [5.74, 6) is -1.99. The molecule has 0 aliphatic rings. The van der Waals surface area contributed by atoms with Gasteiger partial charge in [-0.25, -0.2) is 4.79 Å². The third kappa shape index (κ3) is 74.9. The van der Waals surface area contributed by atoms with E-state index in [9.17, 15) is 19.5 Å². The Balaban J connectivity index is 4.05. The quantitative estimate of drug-likeness (QED) is 0.0211. The molecule has 0 aromatic carbocycles. The lowest BCUT2D eigenvalue weighted by atomic mass is 10.0. The second kappa shape index (κ2) is 73.5. The third-order valence-corrected chi connectivity index (χ3v) is 16.7. The van der Waals surface area contributed by atoms with Crippen molar-refractivity contribution in [3.05, 3.63) is 122 Å². The Labute approximate surface area is 574 Å². The zero-order valence-electron chi connectivity index (χ0n) is 61.1. The first-order valence-corrected chi connectivity index (χ1v) is 38.7. The first-order valence-electron chi connectivity index (χ1n) is 38.7. The molecule has 9 nitrogen and oxygen atoms in total. The van der Waals surface area contributed by atoms with Gasteiger partial charge >= 0.3 is 17.9 Å². The highest BCUT2D eigenvalue weighted by Gasteiger charge is 2.25. The van der Waals surface area contributed by atoms with Gasteiger partial charge < -0.3 is 28.5 Å². The van der Waals surface area contributed by atoms with E-state index in [1.807, 2.05) is 21.1 Å². The van der Waals surface area contributed by atoms with Crippen LogP contribution in [-0.4, -0.2) is 87.4 Å². The van der Waals surface area contributed by atoms with Crippen molar-refractivity contribution in [1.82, 2.24) is 0 Å². The summed E-state index contributed by atoms with van der Waals surface area (Å²) in [5.41, 5.74) is 0. The number of nitrogens with zero attached hydrogens (tertiary/aromatic N) is 1. The number of carboxylic acid groups (broad SMARTS) is 1. The van der Waals surface area contributed by atoms with Crippen LogP contribution in [0.25, 0.3) is 0 Å². The lowest BCUT2D eigenvalue weighted by Crippen LogP contribution is -2.40. The third-order valence-electron chi connectivity index (χ3n) is 16.7. The number of carbonyl (C=O) groups excluding carboxylic acids is 2. The van der Waals surface area contributed by atoms with Crippen molar-refractivity contribution in [2.24, 2.45) is 0 Å². The number of unbranched alkanes of at least 4 members (excludes halogenated alkanes) is 36. The largest absolute Gasteiger partial charge is 0.477 e. The van der Waals surface area contributed by atoms with Crippen LogP contribution in [0.3, 0.4) is 0 Å². The number of carbonyl (C=O) groups is 3. The monoisotopic (exact) mass is 1300 g/mol. The molecule has 534 valence electrons. The Hall–Kier alpha value is -4.31. The van der Waals surface area contributed by atoms with Gasteiger partial charge in [-0.05, 0) is 109 Å². The molecule has 0 saturated carbocycles. The normalized spacial score (nSPS) is 13.3. The molecule has 0 bridgehead atoms. The van der Waals surface area contributed by atoms with E-state index >= 15 is 0 Å². The number of rotatable bonds is 71. The van der Waals surface area contributed by atoms with Crippen LogP contribution in [0.4, 0.5) is 0 Å². The molecule has 0 aromatic rings. The number of carboxylic acids is 1. The minimum Gasteiger partial charge on any atom is -0.477 e. The van der Waals surface area contributed by atoms with Gasteiger partial charge in [-0.2, -0.15) is 0 Å². The fourth-order valence-corrected chi connectivity index (χ4v) is 10.8. The van der Waals surface area contributed by atoms with Crippen LogP contribution >= 0.6 is 0 Å². The van der Waals surface area contributed by atoms with Crippen molar-refractivity contribution in [3.8, 4) is 0 Å². The zero-order chi connectivity index (χ0) is 67.5. The van der Waals surface area contributed by atoms with E-state index in [4.69, 9.17) is 18.9 Å². The van der Waals surface area contributed by atoms with Crippen molar-refractivity contribution >= 4 is 17.9 Å². The highest BCUT2D eigenvalue weighted by molar-refractivity contribution is 5.71. The second-order valence-corrected chi connectivity index (χ2v) is 26.9. The molecule has 0 aliphatic heterocycles. The number of aliphatic carboxylic acids is 1. The zero-order valence-corrected chi connectivity index (χ0v) is 61.1. The SMILES string of the molecule is CC/C=C\C/C=C\C/C=C\C/C=C\C/C=C\C/C=C\C/C=C\CCCCCCCCCCCCCCCCCCCC(=O)OC(COC(=O)CCCCCCCCCCCCCCCC/C=C\C/C=C\C/C=C\CCCCCCC)COC(OCC[N+](C)(C)C)C(=O)O. The Kier molecular flexibility index (Phi) is 70.1. The van der Waals surface area contributed by atoms with E-state index in [0.29, 0.717) is 17.4 Å². The van der Waals surface area contributed by atoms with Gasteiger partial charge in [-0.3, -0.25) is 9.59 Å². The molecule has 0 aromatic heterocycles. The van der Waals surface area contributed by atoms with Gasteiger partial charge in [-0.1, -0.05) is 334 Å². The van der Waals surface area contributed by atoms with Crippen LogP contribution < -0.4 is 0 Å². The highest BCUT2D eigenvalue weighted by atomic mass is 16.7. The molecule has 2 atom stereocenters. The average Bonchev–Trinajstić information content (AvgIpc) is 3.38. The fraction of sp³-hybridized carbons (Fsp3) is 0.726. The highest BCUT2D eigenvalue weighted by Crippen LogP contribution is 2.18. The topological polar surface area (TPSA) is 108 Å². The summed E-state index contributed by atoms with van der Waals surface area (Å²) in [4.78, 5) is 37.7. The molecule has 93 heavy (non-hydrogen) atoms. The second-order valence-electron chi connectivity index (χ2n) is 26.9. The summed E-state index contributed by atoms with van der Waals surface area (Å²) >= 11 is 0. The first kappa shape index (κ1) is 88.7. The van der Waals surface area contributed by atoms with Gasteiger partial charge in [0.05, 0.1) is 34.4 Å². The summed E-state index contributed by atoms with van der Waals surface area (Å²) in [6.45, 7) is 4.78. The number of esters is 2. The number of quaternary nitrogens is 1. The number of hydrogen-bond acceptors (Lipinski definition) is 7. The lowest BCUT2D eigenvalue weighted by Gasteiger charge is -2.25. The van der Waals surface area contributed by atoms with E-state index in [1.165, 1.54) is 212 Å². The molecule has 2 unspecified atom stereocenters. The molecular weight excluding hydrogens is 1150 g/mol.